The van der Waals surface area contributed by atoms with Gasteiger partial charge < -0.3 is 4.90 Å². The number of benzene rings is 1. The van der Waals surface area contributed by atoms with E-state index in [1.54, 1.807) is 6.33 Å². The molecule has 0 saturated heterocycles. The molecule has 0 bridgehead atoms. The monoisotopic (exact) mass is 303 g/mol. The number of aryl methyl sites for hydroxylation is 1. The largest absolute Gasteiger partial charge is 0.354 e. The van der Waals surface area contributed by atoms with Gasteiger partial charge in [-0.05, 0) is 38.0 Å². The first-order chi connectivity index (χ1) is 10.2. The molecular weight excluding hydrogens is 286 g/mol. The van der Waals surface area contributed by atoms with E-state index < -0.39 is 0 Å². The number of aromatic nitrogens is 4. The highest BCUT2D eigenvalue weighted by atomic mass is 35.5. The van der Waals surface area contributed by atoms with Crippen LogP contribution in [0, 0.1) is 0 Å². The molecule has 21 heavy (non-hydrogen) atoms. The fraction of sp³-hybridized carbons (Fsp3) is 0.400. The molecule has 0 atom stereocenters. The molecule has 0 N–H and O–H groups in total. The zero-order valence-electron chi connectivity index (χ0n) is 12.5. The van der Waals surface area contributed by atoms with Gasteiger partial charge in [-0.15, -0.1) is 10.2 Å². The molecule has 0 amide bonds. The molecule has 3 aromatic rings. The lowest BCUT2D eigenvalue weighted by atomic mass is 10.1. The van der Waals surface area contributed by atoms with Gasteiger partial charge in [-0.1, -0.05) is 18.5 Å². The molecule has 0 aliphatic carbocycles. The maximum atomic E-state index is 6.23. The number of anilines is 1. The number of halogens is 1. The third-order valence-electron chi connectivity index (χ3n) is 3.80. The summed E-state index contributed by atoms with van der Waals surface area (Å²) in [7, 11) is 0. The van der Waals surface area contributed by atoms with Gasteiger partial charge in [0.15, 0.2) is 5.82 Å². The number of fused-ring (bicyclic) bond motifs is 3. The molecule has 2 heterocycles. The average Bonchev–Trinajstić information content (AvgIpc) is 2.98. The number of rotatable bonds is 4. The van der Waals surface area contributed by atoms with Gasteiger partial charge in [-0.2, -0.15) is 0 Å². The maximum absolute atomic E-state index is 6.23. The van der Waals surface area contributed by atoms with Gasteiger partial charge in [0.25, 0.3) is 0 Å². The van der Waals surface area contributed by atoms with E-state index in [0.29, 0.717) is 5.02 Å². The first-order valence-corrected chi connectivity index (χ1v) is 7.64. The lowest BCUT2D eigenvalue weighted by molar-refractivity contribution is 0.847. The molecule has 0 radical (unpaired) electrons. The van der Waals surface area contributed by atoms with Crippen molar-refractivity contribution < 1.29 is 0 Å². The molecule has 2 aromatic heterocycles. The molecule has 0 spiro atoms. The van der Waals surface area contributed by atoms with Crippen LogP contribution in [0.15, 0.2) is 18.5 Å². The van der Waals surface area contributed by atoms with Crippen molar-refractivity contribution in [3.05, 3.63) is 29.0 Å². The van der Waals surface area contributed by atoms with Crippen molar-refractivity contribution in [3.63, 3.8) is 0 Å². The zero-order chi connectivity index (χ0) is 15.0. The highest BCUT2D eigenvalue weighted by molar-refractivity contribution is 6.31. The Morgan fingerprint density at radius 3 is 2.62 bits per heavy atom. The molecule has 0 aliphatic rings. The van der Waals surface area contributed by atoms with Crippen molar-refractivity contribution in [3.8, 4) is 0 Å². The smallest absolute Gasteiger partial charge is 0.204 e. The van der Waals surface area contributed by atoms with E-state index in [0.717, 1.165) is 47.6 Å². The highest BCUT2D eigenvalue weighted by Gasteiger charge is 2.16. The maximum Gasteiger partial charge on any atom is 0.204 e. The topological polar surface area (TPSA) is 46.3 Å². The van der Waals surface area contributed by atoms with Gasteiger partial charge in [-0.3, -0.25) is 4.40 Å². The summed E-state index contributed by atoms with van der Waals surface area (Å²) in [4.78, 5) is 7.07. The molecular formula is C15H18ClN5. The van der Waals surface area contributed by atoms with Crippen molar-refractivity contribution in [2.45, 2.75) is 27.2 Å². The Labute approximate surface area is 128 Å². The van der Waals surface area contributed by atoms with Crippen LogP contribution in [0.2, 0.25) is 5.02 Å². The minimum absolute atomic E-state index is 0.715. The van der Waals surface area contributed by atoms with Crippen LogP contribution in [0.25, 0.3) is 16.7 Å². The molecule has 0 aliphatic heterocycles. The van der Waals surface area contributed by atoms with Crippen LogP contribution >= 0.6 is 11.6 Å². The van der Waals surface area contributed by atoms with Gasteiger partial charge in [-0.25, -0.2) is 4.98 Å². The number of hydrogen-bond acceptors (Lipinski definition) is 4. The zero-order valence-corrected chi connectivity index (χ0v) is 13.2. The first-order valence-electron chi connectivity index (χ1n) is 7.26. The van der Waals surface area contributed by atoms with Gasteiger partial charge in [0.05, 0.1) is 11.0 Å². The van der Waals surface area contributed by atoms with Crippen LogP contribution in [-0.2, 0) is 6.42 Å². The SMILES string of the molecule is CCc1cc(Cl)cc2c1nc(N(CC)CC)c1nncn12. The van der Waals surface area contributed by atoms with Crippen molar-refractivity contribution in [1.82, 2.24) is 19.6 Å². The van der Waals surface area contributed by atoms with E-state index in [9.17, 15) is 0 Å². The molecule has 0 fully saturated rings. The van der Waals surface area contributed by atoms with Crippen LogP contribution in [0.5, 0.6) is 0 Å². The summed E-state index contributed by atoms with van der Waals surface area (Å²) in [6, 6.07) is 3.91. The minimum atomic E-state index is 0.715. The Morgan fingerprint density at radius 1 is 1.19 bits per heavy atom. The second kappa shape index (κ2) is 5.48. The Hall–Kier alpha value is -1.88. The summed E-state index contributed by atoms with van der Waals surface area (Å²) in [5, 5.41) is 9.00. The Balaban J connectivity index is 2.43. The summed E-state index contributed by atoms with van der Waals surface area (Å²) < 4.78 is 1.97. The van der Waals surface area contributed by atoms with Crippen LogP contribution < -0.4 is 4.90 Å². The number of nitrogens with zero attached hydrogens (tertiary/aromatic N) is 5. The summed E-state index contributed by atoms with van der Waals surface area (Å²) in [5.74, 6) is 0.877. The Morgan fingerprint density at radius 2 is 1.95 bits per heavy atom. The van der Waals surface area contributed by atoms with Crippen LogP contribution in [0.4, 0.5) is 5.82 Å². The highest BCUT2D eigenvalue weighted by Crippen LogP contribution is 2.28. The third-order valence-corrected chi connectivity index (χ3v) is 4.02. The molecule has 0 saturated carbocycles. The van der Waals surface area contributed by atoms with E-state index in [4.69, 9.17) is 16.6 Å². The molecule has 6 heteroatoms. The fourth-order valence-corrected chi connectivity index (χ4v) is 2.91. The Kier molecular flexibility index (Phi) is 3.68. The average molecular weight is 304 g/mol. The molecule has 0 unspecified atom stereocenters. The standard InChI is InChI=1S/C15H18ClN5/c1-4-10-7-11(16)8-12-13(10)18-14(20(5-2)6-3)15-19-17-9-21(12)15/h7-9H,4-6H2,1-3H3. The quantitative estimate of drug-likeness (QED) is 0.741. The third kappa shape index (κ3) is 2.21. The van der Waals surface area contributed by atoms with Crippen LogP contribution in [0.3, 0.4) is 0 Å². The number of hydrogen-bond donors (Lipinski definition) is 0. The molecule has 5 nitrogen and oxygen atoms in total. The van der Waals surface area contributed by atoms with Crippen LogP contribution in [0.1, 0.15) is 26.3 Å². The summed E-state index contributed by atoms with van der Waals surface area (Å²) >= 11 is 6.23. The predicted molar refractivity (Wildman–Crippen MR) is 86.2 cm³/mol. The second-order valence-corrected chi connectivity index (χ2v) is 5.35. The van der Waals surface area contributed by atoms with Crippen molar-refractivity contribution in [2.75, 3.05) is 18.0 Å². The van der Waals surface area contributed by atoms with Crippen molar-refractivity contribution in [1.29, 1.82) is 0 Å². The summed E-state index contributed by atoms with van der Waals surface area (Å²) in [6.07, 6.45) is 2.61. The molecule has 110 valence electrons. The minimum Gasteiger partial charge on any atom is -0.354 e. The molecule has 3 rings (SSSR count). The normalized spacial score (nSPS) is 11.4. The van der Waals surface area contributed by atoms with Crippen molar-refractivity contribution >= 4 is 34.1 Å². The van der Waals surface area contributed by atoms with E-state index in [2.05, 4.69) is 35.9 Å². The second-order valence-electron chi connectivity index (χ2n) is 4.92. The summed E-state index contributed by atoms with van der Waals surface area (Å²) in [6.45, 7) is 8.11. The lowest BCUT2D eigenvalue weighted by Gasteiger charge is -2.21. The van der Waals surface area contributed by atoms with E-state index in [-0.39, 0.29) is 0 Å². The van der Waals surface area contributed by atoms with E-state index >= 15 is 0 Å². The first kappa shape index (κ1) is 14.1. The van der Waals surface area contributed by atoms with Gasteiger partial charge in [0.2, 0.25) is 5.65 Å². The van der Waals surface area contributed by atoms with Crippen molar-refractivity contribution in [2.24, 2.45) is 0 Å². The fourth-order valence-electron chi connectivity index (χ4n) is 2.68. The van der Waals surface area contributed by atoms with E-state index in [1.165, 1.54) is 0 Å². The Bertz CT molecular complexity index is 791. The summed E-state index contributed by atoms with van der Waals surface area (Å²) in [5.41, 5.74) is 3.84. The molecule has 1 aromatic carbocycles. The van der Waals surface area contributed by atoms with Gasteiger partial charge >= 0.3 is 0 Å². The van der Waals surface area contributed by atoms with Gasteiger partial charge in [0, 0.05) is 18.1 Å². The van der Waals surface area contributed by atoms with Gasteiger partial charge in [0.1, 0.15) is 6.33 Å². The van der Waals surface area contributed by atoms with E-state index in [1.807, 2.05) is 16.5 Å². The predicted octanol–water partition coefficient (Wildman–Crippen LogP) is 3.34. The van der Waals surface area contributed by atoms with Crippen LogP contribution in [-0.4, -0.2) is 32.7 Å². The lowest BCUT2D eigenvalue weighted by Crippen LogP contribution is -2.24.